The summed E-state index contributed by atoms with van der Waals surface area (Å²) in [5.74, 6) is 0. The number of methoxy groups -OCH3 is 1. The van der Waals surface area contributed by atoms with Crippen molar-refractivity contribution in [2.45, 2.75) is 25.4 Å². The minimum atomic E-state index is 0. The molecular weight excluding hydrogens is 239 g/mol. The van der Waals surface area contributed by atoms with E-state index in [1.165, 1.54) is 19.4 Å². The van der Waals surface area contributed by atoms with Crippen molar-refractivity contribution in [3.63, 3.8) is 0 Å². The Labute approximate surface area is 108 Å². The molecule has 0 aromatic rings. The molecule has 1 saturated heterocycles. The average molecular weight is 260 g/mol. The van der Waals surface area contributed by atoms with Crippen LogP contribution in [0.2, 0.25) is 0 Å². The van der Waals surface area contributed by atoms with Gasteiger partial charge < -0.3 is 24.0 Å². The zero-order chi connectivity index (χ0) is 8.32. The molecule has 1 aliphatic heterocycles. The molecule has 0 bridgehead atoms. The smallest absolute Gasteiger partial charge is 0.0776 e. The SMILES string of the molecule is [CH2-]CN1CCCC(C)(OC)C1.[CH3-].[Y]. The Morgan fingerprint density at radius 2 is 2.15 bits per heavy atom. The first-order chi connectivity index (χ1) is 5.20. The second kappa shape index (κ2) is 7.33. The Morgan fingerprint density at radius 1 is 1.54 bits per heavy atom. The minimum Gasteiger partial charge on any atom is -0.377 e. The third-order valence-corrected chi connectivity index (χ3v) is 2.55. The Balaban J connectivity index is 0. The van der Waals surface area contributed by atoms with Crippen molar-refractivity contribution in [1.82, 2.24) is 4.90 Å². The van der Waals surface area contributed by atoms with E-state index in [1.54, 1.807) is 7.11 Å². The van der Waals surface area contributed by atoms with Crippen LogP contribution in [0, 0.1) is 14.4 Å². The predicted octanol–water partition coefficient (Wildman–Crippen LogP) is 1.77. The number of likely N-dealkylation sites (tertiary alicyclic amines) is 1. The van der Waals surface area contributed by atoms with Crippen LogP contribution in [0.3, 0.4) is 0 Å². The third kappa shape index (κ3) is 4.87. The first-order valence-electron chi connectivity index (χ1n) is 4.27. The van der Waals surface area contributed by atoms with Gasteiger partial charge in [0.1, 0.15) is 0 Å². The number of hydrogen-bond donors (Lipinski definition) is 0. The van der Waals surface area contributed by atoms with Crippen LogP contribution in [0.5, 0.6) is 0 Å². The molecule has 0 N–H and O–H groups in total. The second-order valence-electron chi connectivity index (χ2n) is 3.53. The number of ether oxygens (including phenoxy) is 1. The molecule has 1 atom stereocenters. The molecule has 1 aliphatic rings. The Kier molecular flexibility index (Phi) is 9.28. The van der Waals surface area contributed by atoms with E-state index in [0.29, 0.717) is 0 Å². The molecule has 1 unspecified atom stereocenters. The molecule has 77 valence electrons. The van der Waals surface area contributed by atoms with Crippen molar-refractivity contribution in [2.24, 2.45) is 0 Å². The average Bonchev–Trinajstić information content (AvgIpc) is 2.05. The zero-order valence-corrected chi connectivity index (χ0v) is 12.0. The molecule has 0 aromatic carbocycles. The molecule has 1 rings (SSSR count). The van der Waals surface area contributed by atoms with Crippen molar-refractivity contribution < 1.29 is 37.4 Å². The number of nitrogens with zero attached hydrogens (tertiary/aromatic N) is 1. The van der Waals surface area contributed by atoms with E-state index in [4.69, 9.17) is 4.74 Å². The Hall–Kier alpha value is 1.02. The maximum Gasteiger partial charge on any atom is 0.0776 e. The first kappa shape index (κ1) is 16.5. The summed E-state index contributed by atoms with van der Waals surface area (Å²) in [5, 5.41) is 0. The number of hydrogen-bond acceptors (Lipinski definition) is 2. The molecule has 0 spiro atoms. The largest absolute Gasteiger partial charge is 0.377 e. The Morgan fingerprint density at radius 3 is 2.62 bits per heavy atom. The van der Waals surface area contributed by atoms with Crippen LogP contribution in [0.1, 0.15) is 19.8 Å². The van der Waals surface area contributed by atoms with Crippen LogP contribution < -0.4 is 0 Å². The van der Waals surface area contributed by atoms with Gasteiger partial charge in [0.05, 0.1) is 5.60 Å². The Bertz CT molecular complexity index is 132. The van der Waals surface area contributed by atoms with E-state index >= 15 is 0 Å². The van der Waals surface area contributed by atoms with Crippen LogP contribution in [0.4, 0.5) is 0 Å². The van der Waals surface area contributed by atoms with Gasteiger partial charge in [-0.15, -0.1) is 6.54 Å². The molecule has 0 aromatic heterocycles. The van der Waals surface area contributed by atoms with Crippen LogP contribution in [-0.4, -0.2) is 37.2 Å². The van der Waals surface area contributed by atoms with Crippen molar-refractivity contribution >= 4 is 0 Å². The maximum absolute atomic E-state index is 5.44. The van der Waals surface area contributed by atoms with Crippen LogP contribution >= 0.6 is 0 Å². The summed E-state index contributed by atoms with van der Waals surface area (Å²) >= 11 is 0. The van der Waals surface area contributed by atoms with Gasteiger partial charge in [-0.25, -0.2) is 0 Å². The maximum atomic E-state index is 5.44. The summed E-state index contributed by atoms with van der Waals surface area (Å²) in [6, 6.07) is 0. The molecule has 1 heterocycles. The van der Waals surface area contributed by atoms with Crippen LogP contribution in [0.25, 0.3) is 0 Å². The minimum absolute atomic E-state index is 0. The van der Waals surface area contributed by atoms with E-state index in [-0.39, 0.29) is 45.7 Å². The van der Waals surface area contributed by atoms with E-state index in [0.717, 1.165) is 13.1 Å². The van der Waals surface area contributed by atoms with Crippen molar-refractivity contribution in [2.75, 3.05) is 26.7 Å². The molecule has 0 saturated carbocycles. The monoisotopic (exact) mass is 260 g/mol. The first-order valence-corrected chi connectivity index (χ1v) is 4.27. The summed E-state index contributed by atoms with van der Waals surface area (Å²) in [7, 11) is 1.80. The van der Waals surface area contributed by atoms with Crippen LogP contribution in [-0.2, 0) is 37.4 Å². The summed E-state index contributed by atoms with van der Waals surface area (Å²) in [6.45, 7) is 9.17. The van der Waals surface area contributed by atoms with Crippen molar-refractivity contribution in [1.29, 1.82) is 0 Å². The fraction of sp³-hybridized carbons (Fsp3) is 0.800. The fourth-order valence-electron chi connectivity index (χ4n) is 1.67. The number of piperidine rings is 1. The van der Waals surface area contributed by atoms with Gasteiger partial charge in [0, 0.05) is 46.4 Å². The quantitative estimate of drug-likeness (QED) is 0.702. The van der Waals surface area contributed by atoms with E-state index in [2.05, 4.69) is 18.7 Å². The van der Waals surface area contributed by atoms with Gasteiger partial charge in [-0.3, -0.25) is 0 Å². The summed E-state index contributed by atoms with van der Waals surface area (Å²) in [5.41, 5.74) is 0.0793. The molecular formula is C10H21NOY-2. The normalized spacial score (nSPS) is 28.8. The van der Waals surface area contributed by atoms with Gasteiger partial charge in [0.2, 0.25) is 0 Å². The second-order valence-corrected chi connectivity index (χ2v) is 3.53. The van der Waals surface area contributed by atoms with E-state index in [9.17, 15) is 0 Å². The molecule has 13 heavy (non-hydrogen) atoms. The van der Waals surface area contributed by atoms with Gasteiger partial charge in [0.25, 0.3) is 0 Å². The summed E-state index contributed by atoms with van der Waals surface area (Å²) < 4.78 is 5.44. The van der Waals surface area contributed by atoms with Crippen molar-refractivity contribution in [3.8, 4) is 0 Å². The van der Waals surface area contributed by atoms with Gasteiger partial charge in [-0.1, -0.05) is 0 Å². The van der Waals surface area contributed by atoms with Crippen molar-refractivity contribution in [3.05, 3.63) is 14.4 Å². The van der Waals surface area contributed by atoms with E-state index in [1.807, 2.05) is 0 Å². The molecule has 2 nitrogen and oxygen atoms in total. The van der Waals surface area contributed by atoms with Crippen LogP contribution in [0.15, 0.2) is 0 Å². The molecule has 1 fully saturated rings. The molecule has 0 amide bonds. The fourth-order valence-corrected chi connectivity index (χ4v) is 1.67. The van der Waals surface area contributed by atoms with Gasteiger partial charge in [-0.2, -0.15) is 0 Å². The standard InChI is InChI=1S/C9H18NO.CH3.Y/c1-4-10-7-5-6-9(2,8-10)11-3;;/h1,4-8H2,2-3H3;1H3;/q2*-1;. The third-order valence-electron chi connectivity index (χ3n) is 2.55. The zero-order valence-electron chi connectivity index (χ0n) is 9.18. The van der Waals surface area contributed by atoms with Gasteiger partial charge in [0.15, 0.2) is 0 Å². The predicted molar refractivity (Wildman–Crippen MR) is 52.9 cm³/mol. The molecule has 3 heteroatoms. The molecule has 1 radical (unpaired) electrons. The summed E-state index contributed by atoms with van der Waals surface area (Å²) in [6.07, 6.45) is 2.42. The topological polar surface area (TPSA) is 12.5 Å². The summed E-state index contributed by atoms with van der Waals surface area (Å²) in [4.78, 5) is 2.34. The van der Waals surface area contributed by atoms with Gasteiger partial charge >= 0.3 is 0 Å². The van der Waals surface area contributed by atoms with Gasteiger partial charge in [-0.05, 0) is 26.3 Å². The van der Waals surface area contributed by atoms with E-state index < -0.39 is 0 Å². The molecule has 0 aliphatic carbocycles. The number of rotatable bonds is 2.